The molecule has 1 heterocycles. The average Bonchev–Trinajstić information content (AvgIpc) is 3.41. The molecule has 0 aromatic heterocycles. The van der Waals surface area contributed by atoms with Gasteiger partial charge in [0, 0.05) is 40.8 Å². The van der Waals surface area contributed by atoms with E-state index < -0.39 is 36.1 Å². The van der Waals surface area contributed by atoms with Crippen LogP contribution in [0.4, 0.5) is 4.79 Å². The maximum atomic E-state index is 13.4. The Morgan fingerprint density at radius 2 is 1.71 bits per heavy atom. The molecule has 1 aromatic rings. The van der Waals surface area contributed by atoms with E-state index in [0.717, 1.165) is 6.42 Å². The second-order valence-electron chi connectivity index (χ2n) is 11.3. The number of ether oxygens (including phenoxy) is 3. The van der Waals surface area contributed by atoms with Crippen molar-refractivity contribution in [2.75, 3.05) is 34.4 Å². The fourth-order valence-electron chi connectivity index (χ4n) is 5.39. The molecule has 0 saturated carbocycles. The molecule has 0 bridgehead atoms. The standard InChI is InChI=1S/C30H46BN3O7/c1-19(2)16-25(35)33(5)18-23(39-6)17-26(36)34-15-11-14-24(34)27(40-7)20(3)29(37)32-21(4)28(41-30(31)38)22-12-9-8-10-13-22/h8-10,12-13,19-21,23-24,27-28H,11,14-18H2,1-7H3,(H,32,37). The van der Waals surface area contributed by atoms with Gasteiger partial charge in [-0.25, -0.2) is 0 Å². The maximum absolute atomic E-state index is 13.4. The summed E-state index contributed by atoms with van der Waals surface area (Å²) < 4.78 is 16.7. The van der Waals surface area contributed by atoms with Crippen LogP contribution in [0.3, 0.4) is 0 Å². The quantitative estimate of drug-likeness (QED) is 0.322. The lowest BCUT2D eigenvalue weighted by atomic mass is 9.93. The number of hydrogen-bond acceptors (Lipinski definition) is 7. The van der Waals surface area contributed by atoms with E-state index in [0.29, 0.717) is 31.5 Å². The first-order valence-corrected chi connectivity index (χ1v) is 14.3. The first-order valence-electron chi connectivity index (χ1n) is 14.3. The van der Waals surface area contributed by atoms with Gasteiger partial charge in [0.15, 0.2) is 0 Å². The maximum Gasteiger partial charge on any atom is 0.236 e. The largest absolute Gasteiger partial charge is 0.464 e. The van der Waals surface area contributed by atoms with Crippen LogP contribution in [0.5, 0.6) is 0 Å². The smallest absolute Gasteiger partial charge is 0.236 e. The molecule has 1 saturated heterocycles. The van der Waals surface area contributed by atoms with Crippen LogP contribution in [0, 0.1) is 11.8 Å². The summed E-state index contributed by atoms with van der Waals surface area (Å²) in [6, 6.07) is 8.19. The highest BCUT2D eigenvalue weighted by molar-refractivity contribution is 6.55. The van der Waals surface area contributed by atoms with Gasteiger partial charge < -0.3 is 29.3 Å². The topological polar surface area (TPSA) is 114 Å². The number of carbonyl (C=O) groups is 4. The molecule has 0 spiro atoms. The number of amides is 3. The number of benzene rings is 1. The van der Waals surface area contributed by atoms with Crippen molar-refractivity contribution in [1.29, 1.82) is 0 Å². The van der Waals surface area contributed by atoms with E-state index in [1.165, 1.54) is 14.2 Å². The summed E-state index contributed by atoms with van der Waals surface area (Å²) in [7, 11) is 10.1. The lowest BCUT2D eigenvalue weighted by Gasteiger charge is -2.35. The molecular formula is C30H46BN3O7. The van der Waals surface area contributed by atoms with Crippen molar-refractivity contribution in [2.45, 2.75) is 83.8 Å². The monoisotopic (exact) mass is 571 g/mol. The molecule has 1 aliphatic rings. The molecule has 10 nitrogen and oxygen atoms in total. The number of likely N-dealkylation sites (tertiary alicyclic amines) is 1. The molecule has 6 unspecified atom stereocenters. The fraction of sp³-hybridized carbons (Fsp3) is 0.667. The van der Waals surface area contributed by atoms with E-state index in [1.54, 1.807) is 42.8 Å². The Hall–Kier alpha value is -2.92. The van der Waals surface area contributed by atoms with Gasteiger partial charge >= 0.3 is 0 Å². The van der Waals surface area contributed by atoms with Gasteiger partial charge in [0.05, 0.1) is 36.6 Å². The summed E-state index contributed by atoms with van der Waals surface area (Å²) >= 11 is 0. The van der Waals surface area contributed by atoms with Crippen molar-refractivity contribution in [3.63, 3.8) is 0 Å². The molecular weight excluding hydrogens is 525 g/mol. The van der Waals surface area contributed by atoms with Crippen molar-refractivity contribution >= 4 is 31.4 Å². The first kappa shape index (κ1) is 34.3. The lowest BCUT2D eigenvalue weighted by molar-refractivity contribution is -0.143. The van der Waals surface area contributed by atoms with Crippen LogP contribution < -0.4 is 5.32 Å². The van der Waals surface area contributed by atoms with Crippen LogP contribution in [-0.2, 0) is 28.6 Å². The number of likely N-dealkylation sites (N-methyl/N-ethyl adjacent to an activating group) is 1. The van der Waals surface area contributed by atoms with Crippen LogP contribution in [0.25, 0.3) is 0 Å². The highest BCUT2D eigenvalue weighted by atomic mass is 16.5. The van der Waals surface area contributed by atoms with Gasteiger partial charge in [0.25, 0.3) is 0 Å². The molecule has 6 atom stereocenters. The summed E-state index contributed by atoms with van der Waals surface area (Å²) in [6.45, 7) is 8.34. The zero-order valence-electron chi connectivity index (χ0n) is 25.5. The lowest BCUT2D eigenvalue weighted by Crippen LogP contribution is -2.52. The molecule has 2 rings (SSSR count). The van der Waals surface area contributed by atoms with Crippen LogP contribution in [0.15, 0.2) is 30.3 Å². The Bertz CT molecular complexity index is 1010. The first-order chi connectivity index (χ1) is 19.4. The van der Waals surface area contributed by atoms with Crippen LogP contribution in [0.2, 0.25) is 0 Å². The van der Waals surface area contributed by atoms with Crippen molar-refractivity contribution in [1.82, 2.24) is 15.1 Å². The van der Waals surface area contributed by atoms with Gasteiger partial charge in [-0.05, 0) is 31.2 Å². The number of methoxy groups -OCH3 is 2. The van der Waals surface area contributed by atoms with Crippen LogP contribution in [0.1, 0.15) is 65.0 Å². The van der Waals surface area contributed by atoms with E-state index in [-0.39, 0.29) is 36.1 Å². The number of rotatable bonds is 15. The Morgan fingerprint density at radius 3 is 2.27 bits per heavy atom. The number of nitrogens with one attached hydrogen (secondary N) is 1. The second kappa shape index (κ2) is 16.5. The third-order valence-corrected chi connectivity index (χ3v) is 7.59. The summed E-state index contributed by atoms with van der Waals surface area (Å²) in [4.78, 5) is 54.1. The molecule has 41 heavy (non-hydrogen) atoms. The van der Waals surface area contributed by atoms with E-state index in [1.807, 2.05) is 32.0 Å². The minimum atomic E-state index is -0.937. The molecule has 1 fully saturated rings. The van der Waals surface area contributed by atoms with Gasteiger partial charge in [-0.15, -0.1) is 0 Å². The number of hydrogen-bond donors (Lipinski definition) is 1. The Balaban J connectivity index is 2.07. The van der Waals surface area contributed by atoms with E-state index in [4.69, 9.17) is 22.1 Å². The summed E-state index contributed by atoms with van der Waals surface area (Å²) in [6.07, 6.45) is 0.248. The molecule has 3 amide bonds. The molecule has 2 radical (unpaired) electrons. The van der Waals surface area contributed by atoms with Crippen LogP contribution >= 0.6 is 0 Å². The second-order valence-corrected chi connectivity index (χ2v) is 11.3. The Morgan fingerprint density at radius 1 is 1.05 bits per heavy atom. The van der Waals surface area contributed by atoms with Crippen LogP contribution in [-0.4, -0.2) is 99.9 Å². The predicted octanol–water partition coefficient (Wildman–Crippen LogP) is 3.09. The molecule has 1 aromatic carbocycles. The highest BCUT2D eigenvalue weighted by Gasteiger charge is 2.41. The SMILES string of the molecule is [B]C(=O)OC(c1ccccc1)C(C)NC(=O)C(C)C(OC)C1CCCN1C(=O)CC(CN(C)C(=O)CC(C)C)OC. The van der Waals surface area contributed by atoms with Gasteiger partial charge in [-0.1, -0.05) is 51.1 Å². The fourth-order valence-corrected chi connectivity index (χ4v) is 5.39. The molecule has 1 aliphatic heterocycles. The third kappa shape index (κ3) is 10.1. The normalized spacial score (nSPS) is 18.7. The number of nitrogens with zero attached hydrogens (tertiary/aromatic N) is 2. The minimum absolute atomic E-state index is 0.0118. The Labute approximate surface area is 245 Å². The van der Waals surface area contributed by atoms with Crippen molar-refractivity contribution in [3.8, 4) is 0 Å². The summed E-state index contributed by atoms with van der Waals surface area (Å²) in [5.74, 6) is -1.69. The summed E-state index contributed by atoms with van der Waals surface area (Å²) in [5.41, 5.74) is 0.701. The van der Waals surface area contributed by atoms with Gasteiger partial charge in [-0.2, -0.15) is 0 Å². The van der Waals surface area contributed by atoms with Crippen molar-refractivity contribution in [3.05, 3.63) is 35.9 Å². The average molecular weight is 572 g/mol. The Kier molecular flexibility index (Phi) is 13.8. The molecule has 0 aliphatic carbocycles. The van der Waals surface area contributed by atoms with Gasteiger partial charge in [0.2, 0.25) is 31.4 Å². The zero-order chi connectivity index (χ0) is 30.7. The zero-order valence-corrected chi connectivity index (χ0v) is 25.5. The molecule has 1 N–H and O–H groups in total. The van der Waals surface area contributed by atoms with Gasteiger partial charge in [-0.3, -0.25) is 19.2 Å². The van der Waals surface area contributed by atoms with Crippen molar-refractivity contribution in [2.24, 2.45) is 11.8 Å². The van der Waals surface area contributed by atoms with Gasteiger partial charge in [0.1, 0.15) is 6.10 Å². The van der Waals surface area contributed by atoms with E-state index in [9.17, 15) is 19.2 Å². The minimum Gasteiger partial charge on any atom is -0.464 e. The summed E-state index contributed by atoms with van der Waals surface area (Å²) in [5, 5.41) is 2.94. The van der Waals surface area contributed by atoms with E-state index in [2.05, 4.69) is 5.32 Å². The van der Waals surface area contributed by atoms with E-state index >= 15 is 0 Å². The third-order valence-electron chi connectivity index (χ3n) is 7.59. The number of carbonyl (C=O) groups excluding carboxylic acids is 4. The predicted molar refractivity (Wildman–Crippen MR) is 156 cm³/mol. The molecule has 11 heteroatoms. The van der Waals surface area contributed by atoms with Crippen molar-refractivity contribution < 1.29 is 33.4 Å². The highest BCUT2D eigenvalue weighted by Crippen LogP contribution is 2.28. The molecule has 226 valence electrons.